The average Bonchev–Trinajstić information content (AvgIpc) is 2.45. The summed E-state index contributed by atoms with van der Waals surface area (Å²) in [5.41, 5.74) is 3.97. The monoisotopic (exact) mass is 290 g/mol. The molecular weight excluding hydrogens is 264 g/mol. The summed E-state index contributed by atoms with van der Waals surface area (Å²) in [5, 5.41) is 0. The van der Waals surface area contributed by atoms with Crippen LogP contribution in [0.4, 0.5) is 5.82 Å². The largest absolute Gasteiger partial charge is 0.336 e. The fourth-order valence-corrected chi connectivity index (χ4v) is 2.68. The van der Waals surface area contributed by atoms with Gasteiger partial charge in [-0.1, -0.05) is 20.8 Å². The summed E-state index contributed by atoms with van der Waals surface area (Å²) in [7, 11) is 0. The molecule has 1 fully saturated rings. The maximum atomic E-state index is 12.8. The van der Waals surface area contributed by atoms with Gasteiger partial charge in [-0.2, -0.15) is 0 Å². The van der Waals surface area contributed by atoms with Crippen LogP contribution in [0.5, 0.6) is 0 Å². The van der Waals surface area contributed by atoms with Gasteiger partial charge in [0, 0.05) is 29.3 Å². The first-order valence-electron chi connectivity index (χ1n) is 7.63. The Bertz CT molecular complexity index is 521. The number of aromatic nitrogens is 1. The molecular formula is C16H26N4O. The van der Waals surface area contributed by atoms with Crippen LogP contribution < -0.4 is 11.3 Å². The van der Waals surface area contributed by atoms with E-state index in [9.17, 15) is 4.79 Å². The third-order valence-electron chi connectivity index (χ3n) is 4.05. The Morgan fingerprint density at radius 1 is 1.38 bits per heavy atom. The van der Waals surface area contributed by atoms with Gasteiger partial charge in [0.15, 0.2) is 0 Å². The molecule has 0 aromatic carbocycles. The number of carbonyl (C=O) groups excluding carboxylic acids is 1. The first-order chi connectivity index (χ1) is 9.82. The highest BCUT2D eigenvalue weighted by atomic mass is 16.2. The molecule has 21 heavy (non-hydrogen) atoms. The normalized spacial score (nSPS) is 19.5. The van der Waals surface area contributed by atoms with Crippen molar-refractivity contribution >= 4 is 11.7 Å². The minimum absolute atomic E-state index is 0.0756. The standard InChI is InChI=1S/C16H26N4O/c1-11-7-5-6-8-20(11)15(21)12-9-13(16(2,3)4)18-14(10-12)19-17/h9-11H,5-8,17H2,1-4H3,(H,18,19). The summed E-state index contributed by atoms with van der Waals surface area (Å²) >= 11 is 0. The van der Waals surface area contributed by atoms with Crippen molar-refractivity contribution in [1.29, 1.82) is 0 Å². The first kappa shape index (κ1) is 15.8. The van der Waals surface area contributed by atoms with Gasteiger partial charge >= 0.3 is 0 Å². The van der Waals surface area contributed by atoms with Crippen molar-refractivity contribution in [3.63, 3.8) is 0 Å². The molecule has 1 unspecified atom stereocenters. The Morgan fingerprint density at radius 3 is 2.67 bits per heavy atom. The maximum Gasteiger partial charge on any atom is 0.254 e. The molecule has 1 aromatic rings. The predicted octanol–water partition coefficient (Wildman–Crippen LogP) is 2.68. The van der Waals surface area contributed by atoms with E-state index in [0.29, 0.717) is 17.4 Å². The minimum Gasteiger partial charge on any atom is -0.336 e. The smallest absolute Gasteiger partial charge is 0.254 e. The molecule has 1 atom stereocenters. The first-order valence-corrected chi connectivity index (χ1v) is 7.63. The van der Waals surface area contributed by atoms with E-state index in [4.69, 9.17) is 5.84 Å². The van der Waals surface area contributed by atoms with Crippen LogP contribution in [0.25, 0.3) is 0 Å². The molecule has 1 aromatic heterocycles. The van der Waals surface area contributed by atoms with Crippen LogP contribution in [0.1, 0.15) is 63.0 Å². The molecule has 2 rings (SSSR count). The van der Waals surface area contributed by atoms with Crippen molar-refractivity contribution in [2.75, 3.05) is 12.0 Å². The number of amides is 1. The fourth-order valence-electron chi connectivity index (χ4n) is 2.68. The van der Waals surface area contributed by atoms with Crippen LogP contribution in [-0.2, 0) is 5.41 Å². The van der Waals surface area contributed by atoms with E-state index in [2.05, 4.69) is 38.1 Å². The minimum atomic E-state index is -0.130. The van der Waals surface area contributed by atoms with E-state index in [0.717, 1.165) is 25.1 Å². The Hall–Kier alpha value is -1.62. The number of rotatable bonds is 2. The van der Waals surface area contributed by atoms with Gasteiger partial charge in [0.05, 0.1) is 0 Å². The van der Waals surface area contributed by atoms with Crippen LogP contribution in [0, 0.1) is 0 Å². The quantitative estimate of drug-likeness (QED) is 0.649. The third kappa shape index (κ3) is 3.53. The molecule has 5 heteroatoms. The molecule has 116 valence electrons. The molecule has 0 radical (unpaired) electrons. The zero-order valence-electron chi connectivity index (χ0n) is 13.4. The second kappa shape index (κ2) is 6.02. The summed E-state index contributed by atoms with van der Waals surface area (Å²) in [6.45, 7) is 9.18. The SMILES string of the molecule is CC1CCCCN1C(=O)c1cc(NN)nc(C(C)(C)C)c1. The van der Waals surface area contributed by atoms with E-state index >= 15 is 0 Å². The lowest BCUT2D eigenvalue weighted by Crippen LogP contribution is -2.42. The number of nitrogens with two attached hydrogens (primary N) is 1. The molecule has 2 heterocycles. The van der Waals surface area contributed by atoms with E-state index in [1.165, 1.54) is 6.42 Å². The number of nitrogens with zero attached hydrogens (tertiary/aromatic N) is 2. The highest BCUT2D eigenvalue weighted by Crippen LogP contribution is 2.25. The van der Waals surface area contributed by atoms with E-state index < -0.39 is 0 Å². The summed E-state index contributed by atoms with van der Waals surface area (Å²) in [6, 6.07) is 3.93. The summed E-state index contributed by atoms with van der Waals surface area (Å²) in [4.78, 5) is 19.2. The van der Waals surface area contributed by atoms with Crippen LogP contribution in [0.2, 0.25) is 0 Å². The fraction of sp³-hybridized carbons (Fsp3) is 0.625. The summed E-state index contributed by atoms with van der Waals surface area (Å²) in [6.07, 6.45) is 3.35. The zero-order chi connectivity index (χ0) is 15.6. The number of hydrogen-bond donors (Lipinski definition) is 2. The molecule has 3 N–H and O–H groups in total. The van der Waals surface area contributed by atoms with E-state index in [1.54, 1.807) is 6.07 Å². The Balaban J connectivity index is 2.36. The van der Waals surface area contributed by atoms with E-state index in [1.807, 2.05) is 11.0 Å². The lowest BCUT2D eigenvalue weighted by molar-refractivity contribution is 0.0635. The molecule has 0 bridgehead atoms. The van der Waals surface area contributed by atoms with Gasteiger partial charge in [0.1, 0.15) is 5.82 Å². The van der Waals surface area contributed by atoms with Crippen LogP contribution in [-0.4, -0.2) is 28.4 Å². The van der Waals surface area contributed by atoms with Crippen LogP contribution >= 0.6 is 0 Å². The van der Waals surface area contributed by atoms with Gasteiger partial charge in [0.2, 0.25) is 0 Å². The number of pyridine rings is 1. The Morgan fingerprint density at radius 2 is 2.10 bits per heavy atom. The number of nitrogen functional groups attached to an aromatic ring is 1. The van der Waals surface area contributed by atoms with Gasteiger partial charge in [-0.3, -0.25) is 4.79 Å². The number of anilines is 1. The number of hydrogen-bond acceptors (Lipinski definition) is 4. The average molecular weight is 290 g/mol. The van der Waals surface area contributed by atoms with Crippen molar-refractivity contribution in [1.82, 2.24) is 9.88 Å². The molecule has 1 aliphatic rings. The molecule has 0 aliphatic carbocycles. The maximum absolute atomic E-state index is 12.8. The number of hydrazine groups is 1. The second-order valence-electron chi connectivity index (χ2n) is 6.86. The Kier molecular flexibility index (Phi) is 4.52. The van der Waals surface area contributed by atoms with Crippen molar-refractivity contribution in [3.8, 4) is 0 Å². The second-order valence-corrected chi connectivity index (χ2v) is 6.86. The number of likely N-dealkylation sites (tertiary alicyclic amines) is 1. The van der Waals surface area contributed by atoms with Crippen LogP contribution in [0.3, 0.4) is 0 Å². The van der Waals surface area contributed by atoms with Crippen molar-refractivity contribution in [2.45, 2.75) is 58.4 Å². The van der Waals surface area contributed by atoms with Crippen molar-refractivity contribution in [3.05, 3.63) is 23.4 Å². The molecule has 5 nitrogen and oxygen atoms in total. The molecule has 1 saturated heterocycles. The van der Waals surface area contributed by atoms with Crippen molar-refractivity contribution < 1.29 is 4.79 Å². The number of nitrogens with one attached hydrogen (secondary N) is 1. The summed E-state index contributed by atoms with van der Waals surface area (Å²) in [5.74, 6) is 6.11. The van der Waals surface area contributed by atoms with Crippen molar-refractivity contribution in [2.24, 2.45) is 5.84 Å². The highest BCUT2D eigenvalue weighted by Gasteiger charge is 2.26. The van der Waals surface area contributed by atoms with Gasteiger partial charge in [-0.15, -0.1) is 0 Å². The number of piperidine rings is 1. The molecule has 1 aliphatic heterocycles. The third-order valence-corrected chi connectivity index (χ3v) is 4.05. The summed E-state index contributed by atoms with van der Waals surface area (Å²) < 4.78 is 0. The zero-order valence-corrected chi connectivity index (χ0v) is 13.4. The molecule has 1 amide bonds. The van der Waals surface area contributed by atoms with E-state index in [-0.39, 0.29) is 11.3 Å². The lowest BCUT2D eigenvalue weighted by Gasteiger charge is -2.33. The lowest BCUT2D eigenvalue weighted by atomic mass is 9.90. The van der Waals surface area contributed by atoms with Gasteiger partial charge in [-0.25, -0.2) is 10.8 Å². The predicted molar refractivity (Wildman–Crippen MR) is 85.1 cm³/mol. The van der Waals surface area contributed by atoms with Gasteiger partial charge in [0.25, 0.3) is 5.91 Å². The Labute approximate surface area is 126 Å². The molecule has 0 saturated carbocycles. The van der Waals surface area contributed by atoms with Gasteiger partial charge in [-0.05, 0) is 38.3 Å². The number of carbonyl (C=O) groups is 1. The topological polar surface area (TPSA) is 71.2 Å². The highest BCUT2D eigenvalue weighted by molar-refractivity contribution is 5.95. The van der Waals surface area contributed by atoms with Gasteiger partial charge < -0.3 is 10.3 Å². The van der Waals surface area contributed by atoms with Crippen LogP contribution in [0.15, 0.2) is 12.1 Å². The molecule has 0 spiro atoms.